The van der Waals surface area contributed by atoms with E-state index in [1.54, 1.807) is 19.1 Å². The number of aliphatic carboxylic acids is 1. The molecule has 0 saturated carbocycles. The van der Waals surface area contributed by atoms with Gasteiger partial charge in [-0.1, -0.05) is 65.8 Å². The van der Waals surface area contributed by atoms with Crippen LogP contribution in [0, 0.1) is 11.3 Å². The number of thioether (sulfide) groups is 1. The van der Waals surface area contributed by atoms with Crippen LogP contribution in [0.5, 0.6) is 0 Å². The first-order valence-corrected chi connectivity index (χ1v) is 9.41. The molecule has 0 aliphatic carbocycles. The Labute approximate surface area is 166 Å². The van der Waals surface area contributed by atoms with Crippen LogP contribution in [-0.4, -0.2) is 21.3 Å². The number of benzene rings is 2. The summed E-state index contributed by atoms with van der Waals surface area (Å²) in [6, 6.07) is 20.8. The molecule has 0 aliphatic rings. The van der Waals surface area contributed by atoms with Crippen LogP contribution in [0.2, 0.25) is 5.02 Å². The second-order valence-electron chi connectivity index (χ2n) is 5.82. The molecule has 4 nitrogen and oxygen atoms in total. The zero-order valence-corrected chi connectivity index (χ0v) is 16.0. The third-order valence-electron chi connectivity index (χ3n) is 3.96. The molecule has 1 atom stereocenters. The second kappa shape index (κ2) is 8.26. The summed E-state index contributed by atoms with van der Waals surface area (Å²) in [5.74, 6) is -0.955. The summed E-state index contributed by atoms with van der Waals surface area (Å²) in [5.41, 5.74) is 3.44. The fraction of sp³-hybridized carbons (Fsp3) is 0.0952. The maximum Gasteiger partial charge on any atom is 0.316 e. The van der Waals surface area contributed by atoms with E-state index in [2.05, 4.69) is 11.1 Å². The van der Waals surface area contributed by atoms with E-state index in [4.69, 9.17) is 11.6 Å². The SMILES string of the molecule is C[C@H](Sc1nc(-c2ccccc2)cc(-c2ccc(Cl)cc2)c1C#N)C(=O)O. The van der Waals surface area contributed by atoms with Crippen molar-refractivity contribution in [2.24, 2.45) is 0 Å². The van der Waals surface area contributed by atoms with Crippen molar-refractivity contribution in [1.82, 2.24) is 4.98 Å². The summed E-state index contributed by atoms with van der Waals surface area (Å²) in [5, 5.41) is 19.3. The predicted molar refractivity (Wildman–Crippen MR) is 108 cm³/mol. The van der Waals surface area contributed by atoms with Crippen molar-refractivity contribution in [3.63, 3.8) is 0 Å². The fourth-order valence-corrected chi connectivity index (χ4v) is 3.53. The number of pyridine rings is 1. The van der Waals surface area contributed by atoms with Gasteiger partial charge in [-0.25, -0.2) is 4.98 Å². The lowest BCUT2D eigenvalue weighted by Gasteiger charge is -2.14. The highest BCUT2D eigenvalue weighted by Crippen LogP contribution is 2.36. The summed E-state index contributed by atoms with van der Waals surface area (Å²) in [4.78, 5) is 15.9. The van der Waals surface area contributed by atoms with E-state index in [0.717, 1.165) is 22.9 Å². The molecule has 134 valence electrons. The number of halogens is 1. The van der Waals surface area contributed by atoms with Crippen LogP contribution < -0.4 is 0 Å². The van der Waals surface area contributed by atoms with Gasteiger partial charge in [-0.15, -0.1) is 0 Å². The maximum absolute atomic E-state index is 11.3. The molecule has 0 fully saturated rings. The molecular formula is C21H15ClN2O2S. The fourth-order valence-electron chi connectivity index (χ4n) is 2.55. The van der Waals surface area contributed by atoms with Crippen molar-refractivity contribution < 1.29 is 9.90 Å². The number of hydrogen-bond acceptors (Lipinski definition) is 4. The third-order valence-corrected chi connectivity index (χ3v) is 5.28. The van der Waals surface area contributed by atoms with Crippen LogP contribution in [0.1, 0.15) is 12.5 Å². The van der Waals surface area contributed by atoms with Crippen LogP contribution in [0.4, 0.5) is 0 Å². The smallest absolute Gasteiger partial charge is 0.316 e. The molecule has 0 amide bonds. The highest BCUT2D eigenvalue weighted by molar-refractivity contribution is 8.00. The van der Waals surface area contributed by atoms with E-state index in [9.17, 15) is 15.2 Å². The zero-order valence-electron chi connectivity index (χ0n) is 14.4. The van der Waals surface area contributed by atoms with Gasteiger partial charge in [0.1, 0.15) is 16.3 Å². The number of nitriles is 1. The molecule has 0 bridgehead atoms. The third kappa shape index (κ3) is 4.30. The van der Waals surface area contributed by atoms with Gasteiger partial charge in [0, 0.05) is 16.1 Å². The number of carboxylic acid groups (broad SMARTS) is 1. The number of nitrogens with zero attached hydrogens (tertiary/aromatic N) is 2. The normalized spacial score (nSPS) is 11.6. The van der Waals surface area contributed by atoms with Crippen molar-refractivity contribution >= 4 is 29.3 Å². The highest BCUT2D eigenvalue weighted by Gasteiger charge is 2.20. The number of rotatable bonds is 5. The van der Waals surface area contributed by atoms with Gasteiger partial charge in [-0.3, -0.25) is 4.79 Å². The van der Waals surface area contributed by atoms with Gasteiger partial charge in [0.25, 0.3) is 0 Å². The van der Waals surface area contributed by atoms with Crippen LogP contribution in [0.3, 0.4) is 0 Å². The topological polar surface area (TPSA) is 74.0 Å². The predicted octanol–water partition coefficient (Wildman–Crippen LogP) is 5.51. The summed E-state index contributed by atoms with van der Waals surface area (Å²) in [6.07, 6.45) is 0. The molecule has 1 aromatic heterocycles. The van der Waals surface area contributed by atoms with Gasteiger partial charge in [0.15, 0.2) is 0 Å². The van der Waals surface area contributed by atoms with E-state index >= 15 is 0 Å². The minimum atomic E-state index is -0.955. The minimum absolute atomic E-state index is 0.357. The van der Waals surface area contributed by atoms with Gasteiger partial charge in [0.2, 0.25) is 0 Å². The molecule has 27 heavy (non-hydrogen) atoms. The Morgan fingerprint density at radius 1 is 1.15 bits per heavy atom. The van der Waals surface area contributed by atoms with Gasteiger partial charge in [-0.2, -0.15) is 5.26 Å². The Kier molecular flexibility index (Phi) is 5.80. The standard InChI is InChI=1S/C21H15ClN2O2S/c1-13(21(25)26)27-20-18(12-23)17(14-7-9-16(22)10-8-14)11-19(24-20)15-5-3-2-4-6-15/h2-11,13H,1H3,(H,25,26)/t13-/m0/s1. The molecular weight excluding hydrogens is 380 g/mol. The Balaban J connectivity index is 2.22. The summed E-state index contributed by atoms with van der Waals surface area (Å²) < 4.78 is 0. The molecule has 3 aromatic rings. The number of carbonyl (C=O) groups is 1. The largest absolute Gasteiger partial charge is 0.480 e. The zero-order chi connectivity index (χ0) is 19.4. The average Bonchev–Trinajstić information content (AvgIpc) is 2.68. The van der Waals surface area contributed by atoms with E-state index in [0.29, 0.717) is 26.9 Å². The molecule has 6 heteroatoms. The maximum atomic E-state index is 11.3. The Morgan fingerprint density at radius 3 is 2.41 bits per heavy atom. The molecule has 0 aliphatic heterocycles. The first kappa shape index (κ1) is 19.0. The monoisotopic (exact) mass is 394 g/mol. The van der Waals surface area contributed by atoms with Crippen LogP contribution in [0.15, 0.2) is 65.7 Å². The van der Waals surface area contributed by atoms with Crippen molar-refractivity contribution in [1.29, 1.82) is 5.26 Å². The lowest BCUT2D eigenvalue weighted by atomic mass is 9.99. The Hall–Kier alpha value is -2.81. The van der Waals surface area contributed by atoms with Crippen LogP contribution >= 0.6 is 23.4 Å². The first-order valence-electron chi connectivity index (χ1n) is 8.15. The summed E-state index contributed by atoms with van der Waals surface area (Å²) in [6.45, 7) is 1.58. The van der Waals surface area contributed by atoms with Crippen molar-refractivity contribution in [2.45, 2.75) is 17.2 Å². The molecule has 0 radical (unpaired) electrons. The summed E-state index contributed by atoms with van der Waals surface area (Å²) >= 11 is 7.05. The Morgan fingerprint density at radius 2 is 1.81 bits per heavy atom. The second-order valence-corrected chi connectivity index (χ2v) is 7.58. The summed E-state index contributed by atoms with van der Waals surface area (Å²) in [7, 11) is 0. The molecule has 2 aromatic carbocycles. The quantitative estimate of drug-likeness (QED) is 0.578. The Bertz CT molecular complexity index is 1010. The van der Waals surface area contributed by atoms with E-state index in [1.807, 2.05) is 48.5 Å². The molecule has 0 unspecified atom stereocenters. The van der Waals surface area contributed by atoms with Gasteiger partial charge < -0.3 is 5.11 Å². The molecule has 1 N–H and O–H groups in total. The van der Waals surface area contributed by atoms with Gasteiger partial charge >= 0.3 is 5.97 Å². The van der Waals surface area contributed by atoms with Gasteiger partial charge in [-0.05, 0) is 30.7 Å². The number of hydrogen-bond donors (Lipinski definition) is 1. The van der Waals surface area contributed by atoms with Crippen LogP contribution in [0.25, 0.3) is 22.4 Å². The van der Waals surface area contributed by atoms with E-state index in [1.165, 1.54) is 0 Å². The van der Waals surface area contributed by atoms with E-state index < -0.39 is 11.2 Å². The first-order chi connectivity index (χ1) is 13.0. The van der Waals surface area contributed by atoms with Gasteiger partial charge in [0.05, 0.1) is 11.3 Å². The molecule has 3 rings (SSSR count). The lowest BCUT2D eigenvalue weighted by molar-refractivity contribution is -0.136. The highest BCUT2D eigenvalue weighted by atomic mass is 35.5. The minimum Gasteiger partial charge on any atom is -0.480 e. The number of carboxylic acids is 1. The molecule has 1 heterocycles. The van der Waals surface area contributed by atoms with Crippen molar-refractivity contribution in [2.75, 3.05) is 0 Å². The molecule has 0 saturated heterocycles. The van der Waals surface area contributed by atoms with Crippen LogP contribution in [-0.2, 0) is 4.79 Å². The van der Waals surface area contributed by atoms with Crippen molar-refractivity contribution in [3.8, 4) is 28.5 Å². The van der Waals surface area contributed by atoms with Crippen molar-refractivity contribution in [3.05, 3.63) is 71.2 Å². The average molecular weight is 395 g/mol. The molecule has 0 spiro atoms. The number of aromatic nitrogens is 1. The lowest BCUT2D eigenvalue weighted by Crippen LogP contribution is -2.12. The van der Waals surface area contributed by atoms with E-state index in [-0.39, 0.29) is 0 Å².